The Morgan fingerprint density at radius 1 is 0.950 bits per heavy atom. The van der Waals surface area contributed by atoms with E-state index in [2.05, 4.69) is 29.2 Å². The lowest BCUT2D eigenvalue weighted by molar-refractivity contribution is 0.112. The maximum absolute atomic E-state index is 10.8. The minimum atomic E-state index is 0.624. The van der Waals surface area contributed by atoms with Crippen molar-refractivity contribution in [3.8, 4) is 11.1 Å². The van der Waals surface area contributed by atoms with Crippen molar-refractivity contribution < 1.29 is 4.79 Å². The molecule has 0 amide bonds. The van der Waals surface area contributed by atoms with Gasteiger partial charge >= 0.3 is 0 Å². The first-order chi connectivity index (χ1) is 9.86. The van der Waals surface area contributed by atoms with Crippen LogP contribution in [0.25, 0.3) is 11.1 Å². The van der Waals surface area contributed by atoms with E-state index in [-0.39, 0.29) is 0 Å². The second-order valence-corrected chi connectivity index (χ2v) is 5.58. The highest BCUT2D eigenvalue weighted by molar-refractivity contribution is 5.77. The Balaban J connectivity index is 1.83. The summed E-state index contributed by atoms with van der Waals surface area (Å²) in [5.41, 5.74) is 4.21. The van der Waals surface area contributed by atoms with Crippen molar-refractivity contribution in [2.24, 2.45) is 0 Å². The second kappa shape index (κ2) is 6.00. The molecule has 0 spiro atoms. The molecule has 2 nitrogen and oxygen atoms in total. The number of rotatable bonds is 3. The molecule has 0 unspecified atom stereocenters. The highest BCUT2D eigenvalue weighted by Crippen LogP contribution is 2.33. The molecule has 2 aromatic rings. The fourth-order valence-corrected chi connectivity index (χ4v) is 3.06. The molecule has 3 rings (SSSR count). The number of carbonyl (C=O) groups excluding carboxylic acids is 1. The van der Waals surface area contributed by atoms with Crippen LogP contribution in [0.1, 0.15) is 53.9 Å². The maximum Gasteiger partial charge on any atom is 0.151 e. The Kier molecular flexibility index (Phi) is 3.91. The molecule has 1 aromatic carbocycles. The predicted molar refractivity (Wildman–Crippen MR) is 80.9 cm³/mol. The number of aldehydes is 1. The molecule has 1 aliphatic rings. The van der Waals surface area contributed by atoms with Crippen molar-refractivity contribution in [3.05, 3.63) is 53.9 Å². The van der Waals surface area contributed by atoms with Crippen molar-refractivity contribution in [2.45, 2.75) is 38.0 Å². The standard InChI is InChI=1S/C18H19NO/c20-13-14-10-18(12-19-11-14)17-8-6-16(7-9-17)15-4-2-1-3-5-15/h6-13,15H,1-5H2. The fraction of sp³-hybridized carbons (Fsp3) is 0.333. The number of aromatic nitrogens is 1. The van der Waals surface area contributed by atoms with E-state index in [4.69, 9.17) is 0 Å². The minimum Gasteiger partial charge on any atom is -0.298 e. The average Bonchev–Trinajstić information content (AvgIpc) is 2.56. The van der Waals surface area contributed by atoms with Gasteiger partial charge in [0.05, 0.1) is 0 Å². The molecule has 0 atom stereocenters. The van der Waals surface area contributed by atoms with Gasteiger partial charge in [-0.05, 0) is 36.0 Å². The molecule has 1 heterocycles. The number of pyridine rings is 1. The minimum absolute atomic E-state index is 0.624. The van der Waals surface area contributed by atoms with Crippen molar-refractivity contribution in [1.82, 2.24) is 4.98 Å². The Morgan fingerprint density at radius 2 is 1.70 bits per heavy atom. The smallest absolute Gasteiger partial charge is 0.151 e. The molecular formula is C18H19NO. The van der Waals surface area contributed by atoms with Gasteiger partial charge in [0, 0.05) is 23.5 Å². The molecule has 102 valence electrons. The molecule has 0 saturated heterocycles. The van der Waals surface area contributed by atoms with E-state index in [9.17, 15) is 4.79 Å². The van der Waals surface area contributed by atoms with Gasteiger partial charge in [-0.1, -0.05) is 43.5 Å². The molecular weight excluding hydrogens is 246 g/mol. The maximum atomic E-state index is 10.8. The van der Waals surface area contributed by atoms with E-state index in [1.165, 1.54) is 37.7 Å². The van der Waals surface area contributed by atoms with Gasteiger partial charge in [0.1, 0.15) is 0 Å². The van der Waals surface area contributed by atoms with Crippen molar-refractivity contribution >= 4 is 6.29 Å². The summed E-state index contributed by atoms with van der Waals surface area (Å²) in [4.78, 5) is 14.9. The zero-order valence-electron chi connectivity index (χ0n) is 11.6. The SMILES string of the molecule is O=Cc1cncc(-c2ccc(C3CCCCC3)cc2)c1. The molecule has 1 saturated carbocycles. The first kappa shape index (κ1) is 13.0. The van der Waals surface area contributed by atoms with Crippen molar-refractivity contribution in [3.63, 3.8) is 0 Å². The molecule has 0 N–H and O–H groups in total. The summed E-state index contributed by atoms with van der Waals surface area (Å²) in [6.45, 7) is 0. The zero-order valence-corrected chi connectivity index (χ0v) is 11.6. The lowest BCUT2D eigenvalue weighted by Crippen LogP contribution is -2.04. The summed E-state index contributed by atoms with van der Waals surface area (Å²) in [5, 5.41) is 0. The lowest BCUT2D eigenvalue weighted by atomic mass is 9.84. The van der Waals surface area contributed by atoms with E-state index in [1.54, 1.807) is 6.20 Å². The quantitative estimate of drug-likeness (QED) is 0.759. The van der Waals surface area contributed by atoms with Crippen LogP contribution in [0.4, 0.5) is 0 Å². The first-order valence-electron chi connectivity index (χ1n) is 7.37. The first-order valence-corrected chi connectivity index (χ1v) is 7.37. The lowest BCUT2D eigenvalue weighted by Gasteiger charge is -2.22. The summed E-state index contributed by atoms with van der Waals surface area (Å²) in [5.74, 6) is 0.734. The van der Waals surface area contributed by atoms with E-state index >= 15 is 0 Å². The van der Waals surface area contributed by atoms with Gasteiger partial charge in [0.2, 0.25) is 0 Å². The number of carbonyl (C=O) groups is 1. The van der Waals surface area contributed by atoms with E-state index in [0.29, 0.717) is 5.56 Å². The van der Waals surface area contributed by atoms with E-state index in [0.717, 1.165) is 23.3 Å². The van der Waals surface area contributed by atoms with Gasteiger partial charge in [0.25, 0.3) is 0 Å². The molecule has 1 aliphatic carbocycles. The van der Waals surface area contributed by atoms with Crippen LogP contribution in [0, 0.1) is 0 Å². The molecule has 1 fully saturated rings. The van der Waals surface area contributed by atoms with Crippen LogP contribution in [-0.4, -0.2) is 11.3 Å². The molecule has 0 radical (unpaired) electrons. The molecule has 2 heteroatoms. The van der Waals surface area contributed by atoms with Gasteiger partial charge in [-0.2, -0.15) is 0 Å². The monoisotopic (exact) mass is 265 g/mol. The van der Waals surface area contributed by atoms with Gasteiger partial charge < -0.3 is 0 Å². The van der Waals surface area contributed by atoms with Gasteiger partial charge in [-0.15, -0.1) is 0 Å². The van der Waals surface area contributed by atoms with Crippen LogP contribution in [0.5, 0.6) is 0 Å². The largest absolute Gasteiger partial charge is 0.298 e. The highest BCUT2D eigenvalue weighted by atomic mass is 16.1. The Bertz CT molecular complexity index is 583. The van der Waals surface area contributed by atoms with Gasteiger partial charge in [-0.25, -0.2) is 0 Å². The Hall–Kier alpha value is -1.96. The summed E-state index contributed by atoms with van der Waals surface area (Å²) in [6, 6.07) is 10.7. The Labute approximate surface area is 119 Å². The van der Waals surface area contributed by atoms with Crippen LogP contribution < -0.4 is 0 Å². The highest BCUT2D eigenvalue weighted by Gasteiger charge is 2.15. The third-order valence-electron chi connectivity index (χ3n) is 4.22. The molecule has 0 bridgehead atoms. The van der Waals surface area contributed by atoms with Crippen LogP contribution in [0.15, 0.2) is 42.7 Å². The predicted octanol–water partition coefficient (Wildman–Crippen LogP) is 4.61. The zero-order chi connectivity index (χ0) is 13.8. The topological polar surface area (TPSA) is 30.0 Å². The number of benzene rings is 1. The fourth-order valence-electron chi connectivity index (χ4n) is 3.06. The van der Waals surface area contributed by atoms with E-state index < -0.39 is 0 Å². The summed E-state index contributed by atoms with van der Waals surface area (Å²) >= 11 is 0. The van der Waals surface area contributed by atoms with Crippen molar-refractivity contribution in [1.29, 1.82) is 0 Å². The van der Waals surface area contributed by atoms with E-state index in [1.807, 2.05) is 12.3 Å². The summed E-state index contributed by atoms with van der Waals surface area (Å²) in [6.07, 6.45) is 11.0. The number of hydrogen-bond acceptors (Lipinski definition) is 2. The van der Waals surface area contributed by atoms with Gasteiger partial charge in [0.15, 0.2) is 6.29 Å². The second-order valence-electron chi connectivity index (χ2n) is 5.58. The third-order valence-corrected chi connectivity index (χ3v) is 4.22. The number of hydrogen-bond donors (Lipinski definition) is 0. The summed E-state index contributed by atoms with van der Waals surface area (Å²) in [7, 11) is 0. The molecule has 0 aliphatic heterocycles. The van der Waals surface area contributed by atoms with Crippen LogP contribution in [0.2, 0.25) is 0 Å². The van der Waals surface area contributed by atoms with Gasteiger partial charge in [-0.3, -0.25) is 9.78 Å². The van der Waals surface area contributed by atoms with Crippen molar-refractivity contribution in [2.75, 3.05) is 0 Å². The third kappa shape index (κ3) is 2.79. The van der Waals surface area contributed by atoms with Crippen LogP contribution in [-0.2, 0) is 0 Å². The Morgan fingerprint density at radius 3 is 2.40 bits per heavy atom. The summed E-state index contributed by atoms with van der Waals surface area (Å²) < 4.78 is 0. The molecule has 20 heavy (non-hydrogen) atoms. The van der Waals surface area contributed by atoms with Crippen LogP contribution in [0.3, 0.4) is 0 Å². The normalized spacial score (nSPS) is 16.0. The molecule has 1 aromatic heterocycles. The number of nitrogens with zero attached hydrogens (tertiary/aromatic N) is 1. The van der Waals surface area contributed by atoms with Crippen LogP contribution >= 0.6 is 0 Å². The average molecular weight is 265 g/mol.